The second-order valence-electron chi connectivity index (χ2n) is 7.88. The van der Waals surface area contributed by atoms with E-state index in [1.165, 1.54) is 9.47 Å². The number of carboxylic acids is 1. The molecule has 168 valence electrons. The molecule has 1 aromatic heterocycles. The Morgan fingerprint density at radius 1 is 1.28 bits per heavy atom. The maximum atomic E-state index is 13.8. The van der Waals surface area contributed by atoms with Gasteiger partial charge >= 0.3 is 5.97 Å². The summed E-state index contributed by atoms with van der Waals surface area (Å²) in [5, 5.41) is 22.3. The lowest BCUT2D eigenvalue weighted by Crippen LogP contribution is -2.50. The van der Waals surface area contributed by atoms with Crippen LogP contribution in [-0.4, -0.2) is 50.6 Å². The number of nitrogens with zero attached hydrogens (tertiary/aromatic N) is 2. The van der Waals surface area contributed by atoms with Gasteiger partial charge in [-0.2, -0.15) is 0 Å². The second kappa shape index (κ2) is 7.43. The van der Waals surface area contributed by atoms with Crippen molar-refractivity contribution in [3.05, 3.63) is 63.1 Å². The summed E-state index contributed by atoms with van der Waals surface area (Å²) in [5.41, 5.74) is -3.12. The molecule has 2 atom stereocenters. The van der Waals surface area contributed by atoms with Crippen LogP contribution >= 0.6 is 0 Å². The van der Waals surface area contributed by atoms with Crippen LogP contribution < -0.4 is 10.7 Å². The van der Waals surface area contributed by atoms with Crippen molar-refractivity contribution in [2.45, 2.75) is 25.4 Å². The van der Waals surface area contributed by atoms with Gasteiger partial charge in [0, 0.05) is 37.5 Å². The smallest absolute Gasteiger partial charge is 0.309 e. The molecule has 1 spiro atoms. The Morgan fingerprint density at radius 3 is 2.59 bits per heavy atom. The summed E-state index contributed by atoms with van der Waals surface area (Å²) in [6.45, 7) is 1.62. The highest BCUT2D eigenvalue weighted by Gasteiger charge is 2.64. The monoisotopic (exact) mass is 447 g/mol. The van der Waals surface area contributed by atoms with E-state index in [4.69, 9.17) is 0 Å². The van der Waals surface area contributed by atoms with Crippen LogP contribution in [0.4, 0.5) is 8.78 Å². The van der Waals surface area contributed by atoms with E-state index in [0.29, 0.717) is 6.07 Å². The molecule has 1 aliphatic carbocycles. The number of carbonyl (C=O) groups excluding carboxylic acids is 2. The fourth-order valence-electron chi connectivity index (χ4n) is 4.19. The summed E-state index contributed by atoms with van der Waals surface area (Å²) in [7, 11) is 0. The first-order chi connectivity index (χ1) is 15.1. The van der Waals surface area contributed by atoms with Crippen LogP contribution in [0.25, 0.3) is 0 Å². The summed E-state index contributed by atoms with van der Waals surface area (Å²) < 4.78 is 28.1. The number of aliphatic carboxylic acids is 1. The van der Waals surface area contributed by atoms with Gasteiger partial charge < -0.3 is 25.0 Å². The molecule has 0 saturated heterocycles. The first-order valence-electron chi connectivity index (χ1n) is 9.84. The van der Waals surface area contributed by atoms with Gasteiger partial charge in [0.2, 0.25) is 5.43 Å². The van der Waals surface area contributed by atoms with Crippen LogP contribution in [0.2, 0.25) is 0 Å². The maximum absolute atomic E-state index is 13.8. The molecule has 2 aliphatic rings. The van der Waals surface area contributed by atoms with Crippen LogP contribution in [0.15, 0.2) is 29.2 Å². The third-order valence-electron chi connectivity index (χ3n) is 6.04. The van der Waals surface area contributed by atoms with Gasteiger partial charge in [0.15, 0.2) is 11.4 Å². The molecule has 32 heavy (non-hydrogen) atoms. The van der Waals surface area contributed by atoms with Crippen LogP contribution in [0.1, 0.15) is 39.8 Å². The lowest BCUT2D eigenvalue weighted by atomic mass is 10.0. The van der Waals surface area contributed by atoms with Crippen molar-refractivity contribution in [3.63, 3.8) is 0 Å². The van der Waals surface area contributed by atoms with Gasteiger partial charge in [-0.05, 0) is 19.4 Å². The average molecular weight is 447 g/mol. The zero-order chi connectivity index (χ0) is 23.4. The lowest BCUT2D eigenvalue weighted by molar-refractivity contribution is -0.139. The number of carboxylic acid groups (broad SMARTS) is 1. The van der Waals surface area contributed by atoms with E-state index in [1.807, 2.05) is 0 Å². The van der Waals surface area contributed by atoms with Crippen molar-refractivity contribution in [2.75, 3.05) is 13.1 Å². The van der Waals surface area contributed by atoms with E-state index in [9.17, 15) is 38.2 Å². The Kier molecular flexibility index (Phi) is 4.99. The Bertz CT molecular complexity index is 1230. The van der Waals surface area contributed by atoms with E-state index in [2.05, 4.69) is 5.32 Å². The minimum atomic E-state index is -1.11. The number of hydrogen-bond donors (Lipinski definition) is 3. The summed E-state index contributed by atoms with van der Waals surface area (Å²) in [6, 6.07) is 2.80. The number of hydrogen-bond acceptors (Lipinski definition) is 5. The largest absolute Gasteiger partial charge is 0.503 e. The summed E-state index contributed by atoms with van der Waals surface area (Å²) in [5.74, 6) is -6.21. The predicted molar refractivity (Wildman–Crippen MR) is 105 cm³/mol. The molecular formula is C21H19F2N3O6. The number of carbonyl (C=O) groups is 3. The molecule has 9 nitrogen and oxygen atoms in total. The van der Waals surface area contributed by atoms with Crippen LogP contribution in [-0.2, 0) is 16.9 Å². The summed E-state index contributed by atoms with van der Waals surface area (Å²) >= 11 is 0. The van der Waals surface area contributed by atoms with Gasteiger partial charge in [0.05, 0.1) is 11.5 Å². The zero-order valence-electron chi connectivity index (χ0n) is 16.9. The molecule has 2 aromatic rings. The zero-order valence-corrected chi connectivity index (χ0v) is 16.9. The van der Waals surface area contributed by atoms with Gasteiger partial charge in [-0.1, -0.05) is 6.07 Å². The van der Waals surface area contributed by atoms with Gasteiger partial charge in [-0.15, -0.1) is 0 Å². The van der Waals surface area contributed by atoms with E-state index in [-0.39, 0.29) is 37.3 Å². The number of likely N-dealkylation sites (N-methyl/N-ethyl adjacent to an activating group) is 1. The van der Waals surface area contributed by atoms with E-state index in [0.717, 1.165) is 18.3 Å². The molecule has 2 heterocycles. The second-order valence-corrected chi connectivity index (χ2v) is 7.88. The SMILES string of the molecule is CCN1C[C@@]2(C[C@@H]2C(=O)O)n2cc(C(=O)NCc3ccc(F)cc3F)c(=O)c(O)c2C1=O. The highest BCUT2D eigenvalue weighted by Crippen LogP contribution is 2.54. The highest BCUT2D eigenvalue weighted by atomic mass is 19.1. The number of benzene rings is 1. The predicted octanol–water partition coefficient (Wildman–Crippen LogP) is 1.04. The molecule has 1 fully saturated rings. The van der Waals surface area contributed by atoms with E-state index < -0.39 is 57.6 Å². The number of fused-ring (bicyclic) bond motifs is 2. The molecule has 1 saturated carbocycles. The van der Waals surface area contributed by atoms with Crippen molar-refractivity contribution in [2.24, 2.45) is 5.92 Å². The Morgan fingerprint density at radius 2 is 2.00 bits per heavy atom. The van der Waals surface area contributed by atoms with Crippen molar-refractivity contribution in [1.29, 1.82) is 0 Å². The van der Waals surface area contributed by atoms with Gasteiger partial charge in [0.25, 0.3) is 11.8 Å². The molecular weight excluding hydrogens is 428 g/mol. The molecule has 11 heteroatoms. The van der Waals surface area contributed by atoms with Crippen molar-refractivity contribution < 1.29 is 33.4 Å². The molecule has 0 radical (unpaired) electrons. The summed E-state index contributed by atoms with van der Waals surface area (Å²) in [4.78, 5) is 51.0. The number of nitrogens with one attached hydrogen (secondary N) is 1. The number of amides is 2. The first kappa shape index (κ1) is 21.5. The molecule has 0 bridgehead atoms. The minimum absolute atomic E-state index is 0.0274. The molecule has 1 aliphatic heterocycles. The van der Waals surface area contributed by atoms with E-state index >= 15 is 0 Å². The average Bonchev–Trinajstić information content (AvgIpc) is 3.47. The fraction of sp³-hybridized carbons (Fsp3) is 0.333. The number of pyridine rings is 1. The van der Waals surface area contributed by atoms with Gasteiger partial charge in [-0.3, -0.25) is 19.2 Å². The molecule has 2 amide bonds. The van der Waals surface area contributed by atoms with Crippen LogP contribution in [0.5, 0.6) is 5.75 Å². The maximum Gasteiger partial charge on any atom is 0.309 e. The minimum Gasteiger partial charge on any atom is -0.503 e. The van der Waals surface area contributed by atoms with Crippen molar-refractivity contribution >= 4 is 17.8 Å². The number of aromatic hydroxyl groups is 1. The number of rotatable bonds is 5. The van der Waals surface area contributed by atoms with E-state index in [1.54, 1.807) is 6.92 Å². The normalized spacial score (nSPS) is 21.4. The quantitative estimate of drug-likeness (QED) is 0.628. The Labute approximate surface area is 179 Å². The number of halogens is 2. The van der Waals surface area contributed by atoms with Crippen LogP contribution in [0.3, 0.4) is 0 Å². The Hall–Kier alpha value is -3.76. The number of aromatic nitrogens is 1. The van der Waals surface area contributed by atoms with Gasteiger partial charge in [0.1, 0.15) is 17.2 Å². The highest BCUT2D eigenvalue weighted by molar-refractivity contribution is 5.99. The van der Waals surface area contributed by atoms with Crippen LogP contribution in [0, 0.1) is 17.6 Å². The molecule has 3 N–H and O–H groups in total. The molecule has 4 rings (SSSR count). The van der Waals surface area contributed by atoms with Crippen molar-refractivity contribution in [3.8, 4) is 5.75 Å². The third-order valence-corrected chi connectivity index (χ3v) is 6.04. The van der Waals surface area contributed by atoms with Gasteiger partial charge in [-0.25, -0.2) is 8.78 Å². The molecule has 0 unspecified atom stereocenters. The third kappa shape index (κ3) is 3.20. The first-order valence-corrected chi connectivity index (χ1v) is 9.84. The lowest BCUT2D eigenvalue weighted by Gasteiger charge is -2.36. The summed E-state index contributed by atoms with van der Waals surface area (Å²) in [6.07, 6.45) is 1.23. The Balaban J connectivity index is 1.73. The topological polar surface area (TPSA) is 129 Å². The molecule has 1 aromatic carbocycles. The standard InChI is InChI=1S/C21H19F2N3O6/c1-2-25-9-21(6-13(21)20(31)32)26-8-12(16(27)17(28)15(26)19(25)30)18(29)24-7-10-3-4-11(22)5-14(10)23/h3-5,8,13,28H,2,6-7,9H2,1H3,(H,24,29)(H,31,32)/t13-,21-/m1/s1. The fourth-order valence-corrected chi connectivity index (χ4v) is 4.19. The van der Waals surface area contributed by atoms with Crippen molar-refractivity contribution in [1.82, 2.24) is 14.8 Å².